The van der Waals surface area contributed by atoms with E-state index in [0.717, 1.165) is 18.0 Å². The summed E-state index contributed by atoms with van der Waals surface area (Å²) in [6, 6.07) is 4.38. The second-order valence-electron chi connectivity index (χ2n) is 7.01. The summed E-state index contributed by atoms with van der Waals surface area (Å²) >= 11 is 6.46. The Labute approximate surface area is 131 Å². The molecule has 0 saturated heterocycles. The molecule has 0 aliphatic heterocycles. The number of halogens is 1. The third-order valence-corrected chi connectivity index (χ3v) is 5.73. The van der Waals surface area contributed by atoms with E-state index in [1.54, 1.807) is 5.56 Å². The minimum atomic E-state index is 0.317. The number of benzene rings is 1. The molecule has 1 aromatic carbocycles. The van der Waals surface area contributed by atoms with Gasteiger partial charge in [0, 0.05) is 24.0 Å². The second-order valence-corrected chi connectivity index (χ2v) is 7.42. The highest BCUT2D eigenvalue weighted by Gasteiger charge is 2.40. The first kappa shape index (κ1) is 13.4. The van der Waals surface area contributed by atoms with Gasteiger partial charge < -0.3 is 4.57 Å². The first-order valence-electron chi connectivity index (χ1n) is 7.92. The highest BCUT2D eigenvalue weighted by atomic mass is 35.5. The first-order valence-corrected chi connectivity index (χ1v) is 8.30. The van der Waals surface area contributed by atoms with Crippen LogP contribution in [-0.2, 0) is 24.8 Å². The van der Waals surface area contributed by atoms with Gasteiger partial charge in [-0.2, -0.15) is 0 Å². The van der Waals surface area contributed by atoms with E-state index in [0.29, 0.717) is 11.3 Å². The van der Waals surface area contributed by atoms with Gasteiger partial charge >= 0.3 is 0 Å². The average Bonchev–Trinajstić information content (AvgIpc) is 2.94. The topological polar surface area (TPSA) is 17.8 Å². The van der Waals surface area contributed by atoms with Crippen LogP contribution in [0.25, 0.3) is 0 Å². The molecule has 0 fully saturated rings. The normalized spacial score (nSPS) is 27.4. The summed E-state index contributed by atoms with van der Waals surface area (Å²) in [6.45, 7) is 3.53. The summed E-state index contributed by atoms with van der Waals surface area (Å²) in [5.74, 6) is 0.698. The van der Waals surface area contributed by atoms with E-state index < -0.39 is 0 Å². The van der Waals surface area contributed by atoms with Crippen LogP contribution < -0.4 is 0 Å². The predicted octanol–water partition coefficient (Wildman–Crippen LogP) is 4.39. The molecule has 0 unspecified atom stereocenters. The van der Waals surface area contributed by atoms with Crippen LogP contribution in [-0.4, -0.2) is 9.55 Å². The van der Waals surface area contributed by atoms with Gasteiger partial charge in [-0.25, -0.2) is 4.98 Å². The van der Waals surface area contributed by atoms with Crippen LogP contribution in [0.5, 0.6) is 0 Å². The third-order valence-electron chi connectivity index (χ3n) is 5.38. The Kier molecular flexibility index (Phi) is 3.11. The zero-order valence-corrected chi connectivity index (χ0v) is 13.2. The summed E-state index contributed by atoms with van der Waals surface area (Å²) in [5.41, 5.74) is 4.87. The SMILES string of the molecule is C[C@@]12CCCc3c(Cl)ccc(c31)C[C@H](Cn1ccnc1)C2. The Hall–Kier alpha value is -1.28. The number of imidazole rings is 1. The van der Waals surface area contributed by atoms with E-state index in [4.69, 9.17) is 11.6 Å². The number of rotatable bonds is 2. The van der Waals surface area contributed by atoms with Crippen LogP contribution in [0.2, 0.25) is 5.02 Å². The minimum Gasteiger partial charge on any atom is -0.337 e. The van der Waals surface area contributed by atoms with Crippen molar-refractivity contribution in [2.24, 2.45) is 5.92 Å². The lowest BCUT2D eigenvalue weighted by atomic mass is 9.61. The van der Waals surface area contributed by atoms with Crippen molar-refractivity contribution in [1.29, 1.82) is 0 Å². The number of hydrogen-bond donors (Lipinski definition) is 0. The van der Waals surface area contributed by atoms with Crippen molar-refractivity contribution < 1.29 is 0 Å². The van der Waals surface area contributed by atoms with Crippen LogP contribution in [0.15, 0.2) is 30.9 Å². The fraction of sp³-hybridized carbons (Fsp3) is 0.500. The molecule has 0 spiro atoms. The number of nitrogens with zero attached hydrogens (tertiary/aromatic N) is 2. The van der Waals surface area contributed by atoms with Crippen molar-refractivity contribution >= 4 is 11.6 Å². The van der Waals surface area contributed by atoms with Crippen molar-refractivity contribution in [3.8, 4) is 0 Å². The lowest BCUT2D eigenvalue weighted by Gasteiger charge is -2.44. The lowest BCUT2D eigenvalue weighted by Crippen LogP contribution is -2.37. The Morgan fingerprint density at radius 1 is 1.43 bits per heavy atom. The predicted molar refractivity (Wildman–Crippen MR) is 85.8 cm³/mol. The Balaban J connectivity index is 1.72. The monoisotopic (exact) mass is 300 g/mol. The van der Waals surface area contributed by atoms with Gasteiger partial charge in [-0.1, -0.05) is 24.6 Å². The van der Waals surface area contributed by atoms with Gasteiger partial charge in [0.25, 0.3) is 0 Å². The van der Waals surface area contributed by atoms with Crippen molar-refractivity contribution in [3.63, 3.8) is 0 Å². The van der Waals surface area contributed by atoms with Crippen LogP contribution in [0, 0.1) is 5.92 Å². The summed E-state index contributed by atoms with van der Waals surface area (Å²) in [5, 5.41) is 0.979. The fourth-order valence-corrected chi connectivity index (χ4v) is 4.92. The van der Waals surface area contributed by atoms with Crippen LogP contribution in [0.4, 0.5) is 0 Å². The van der Waals surface area contributed by atoms with Crippen LogP contribution in [0.3, 0.4) is 0 Å². The van der Waals surface area contributed by atoms with Gasteiger partial charge in [-0.05, 0) is 66.2 Å². The molecule has 21 heavy (non-hydrogen) atoms. The smallest absolute Gasteiger partial charge is 0.0945 e. The van der Waals surface area contributed by atoms with E-state index in [1.165, 1.54) is 36.8 Å². The summed E-state index contributed by atoms with van der Waals surface area (Å²) in [7, 11) is 0. The second kappa shape index (κ2) is 4.88. The Morgan fingerprint density at radius 3 is 3.14 bits per heavy atom. The van der Waals surface area contributed by atoms with E-state index >= 15 is 0 Å². The van der Waals surface area contributed by atoms with Gasteiger partial charge in [0.15, 0.2) is 0 Å². The highest BCUT2D eigenvalue weighted by Crippen LogP contribution is 2.49. The van der Waals surface area contributed by atoms with Gasteiger partial charge in [0.2, 0.25) is 0 Å². The van der Waals surface area contributed by atoms with Gasteiger partial charge in [-0.15, -0.1) is 0 Å². The molecule has 0 amide bonds. The van der Waals surface area contributed by atoms with E-state index in [9.17, 15) is 0 Å². The lowest BCUT2D eigenvalue weighted by molar-refractivity contribution is 0.251. The minimum absolute atomic E-state index is 0.317. The maximum absolute atomic E-state index is 6.46. The van der Waals surface area contributed by atoms with E-state index in [2.05, 4.69) is 34.8 Å². The molecule has 2 atom stereocenters. The molecular formula is C18H21ClN2. The van der Waals surface area contributed by atoms with Crippen LogP contribution >= 0.6 is 11.6 Å². The molecule has 0 bridgehead atoms. The molecule has 110 valence electrons. The molecular weight excluding hydrogens is 280 g/mol. The zero-order chi connectivity index (χ0) is 14.4. The van der Waals surface area contributed by atoms with Crippen LogP contribution in [0.1, 0.15) is 42.9 Å². The summed E-state index contributed by atoms with van der Waals surface area (Å²) in [6.07, 6.45) is 12.1. The average molecular weight is 301 g/mol. The standard InChI is InChI=1S/C18H21ClN2/c1-18-6-2-3-15-16(19)5-4-14(17(15)18)9-13(10-18)11-21-8-7-20-12-21/h4-5,7-8,12-13H,2-3,6,9-11H2,1H3/t13-,18-/m0/s1. The van der Waals surface area contributed by atoms with E-state index in [-0.39, 0.29) is 0 Å². The van der Waals surface area contributed by atoms with Crippen molar-refractivity contribution in [2.75, 3.05) is 0 Å². The van der Waals surface area contributed by atoms with Gasteiger partial charge in [-0.3, -0.25) is 0 Å². The number of hydrogen-bond acceptors (Lipinski definition) is 1. The van der Waals surface area contributed by atoms with Crippen molar-refractivity contribution in [1.82, 2.24) is 9.55 Å². The molecule has 2 aromatic rings. The molecule has 4 rings (SSSR count). The molecule has 1 heterocycles. The maximum Gasteiger partial charge on any atom is 0.0945 e. The Bertz CT molecular complexity index is 662. The molecule has 2 aliphatic rings. The molecule has 1 aromatic heterocycles. The fourth-order valence-electron chi connectivity index (χ4n) is 4.66. The van der Waals surface area contributed by atoms with Gasteiger partial charge in [0.05, 0.1) is 6.33 Å². The highest BCUT2D eigenvalue weighted by molar-refractivity contribution is 6.31. The molecule has 0 saturated carbocycles. The largest absolute Gasteiger partial charge is 0.337 e. The van der Waals surface area contributed by atoms with Crippen molar-refractivity contribution in [2.45, 2.75) is 51.0 Å². The Morgan fingerprint density at radius 2 is 2.33 bits per heavy atom. The summed E-state index contributed by atoms with van der Waals surface area (Å²) < 4.78 is 2.22. The first-order chi connectivity index (χ1) is 10.2. The molecule has 0 radical (unpaired) electrons. The summed E-state index contributed by atoms with van der Waals surface area (Å²) in [4.78, 5) is 4.17. The number of aromatic nitrogens is 2. The third kappa shape index (κ3) is 2.20. The molecule has 3 heteroatoms. The zero-order valence-electron chi connectivity index (χ0n) is 12.5. The maximum atomic E-state index is 6.46. The molecule has 0 N–H and O–H groups in total. The molecule has 2 nitrogen and oxygen atoms in total. The van der Waals surface area contributed by atoms with Crippen molar-refractivity contribution in [3.05, 3.63) is 52.6 Å². The van der Waals surface area contributed by atoms with E-state index in [1.807, 2.05) is 12.5 Å². The van der Waals surface area contributed by atoms with Gasteiger partial charge in [0.1, 0.15) is 0 Å². The quantitative estimate of drug-likeness (QED) is 0.804. The molecule has 2 aliphatic carbocycles.